The fourth-order valence-electron chi connectivity index (χ4n) is 2.60. The van der Waals surface area contributed by atoms with Gasteiger partial charge in [-0.3, -0.25) is 4.90 Å². The number of rotatable bonds is 5. The molecular weight excluding hydrogens is 334 g/mol. The van der Waals surface area contributed by atoms with E-state index in [1.165, 1.54) is 12.1 Å². The first-order valence-electron chi connectivity index (χ1n) is 6.91. The maximum Gasteiger partial charge on any atom is 0.240 e. The van der Waals surface area contributed by atoms with Gasteiger partial charge in [0, 0.05) is 44.9 Å². The van der Waals surface area contributed by atoms with Gasteiger partial charge in [-0.05, 0) is 17.7 Å². The van der Waals surface area contributed by atoms with Crippen molar-refractivity contribution in [3.8, 4) is 0 Å². The Morgan fingerprint density at radius 2 is 1.73 bits per heavy atom. The Morgan fingerprint density at radius 3 is 2.18 bits per heavy atom. The third-order valence-corrected chi connectivity index (χ3v) is 4.82. The third kappa shape index (κ3) is 5.15. The molecule has 0 radical (unpaired) electrons. The van der Waals surface area contributed by atoms with Gasteiger partial charge in [0.1, 0.15) is 0 Å². The summed E-state index contributed by atoms with van der Waals surface area (Å²) in [6, 6.07) is 5.90. The van der Waals surface area contributed by atoms with Gasteiger partial charge in [-0.15, -0.1) is 12.4 Å². The largest absolute Gasteiger partial charge is 0.314 e. The highest BCUT2D eigenvalue weighted by atomic mass is 35.5. The first-order valence-corrected chi connectivity index (χ1v) is 8.80. The normalized spacial score (nSPS) is 18.0. The zero-order chi connectivity index (χ0) is 15.5. The van der Waals surface area contributed by atoms with Crippen molar-refractivity contribution in [1.82, 2.24) is 10.2 Å². The second-order valence-electron chi connectivity index (χ2n) is 5.27. The Kier molecular flexibility index (Phi) is 7.18. The Bertz CT molecular complexity index is 561. The van der Waals surface area contributed by atoms with Crippen LogP contribution in [-0.2, 0) is 9.84 Å². The molecule has 0 spiro atoms. The molecular formula is C14H21ClF2N2O2S. The lowest BCUT2D eigenvalue weighted by Gasteiger charge is -2.35. The van der Waals surface area contributed by atoms with Crippen LogP contribution in [-0.4, -0.2) is 52.2 Å². The zero-order valence-electron chi connectivity index (χ0n) is 12.3. The summed E-state index contributed by atoms with van der Waals surface area (Å²) in [5.41, 5.74) is 0.740. The minimum atomic E-state index is -3.26. The van der Waals surface area contributed by atoms with Gasteiger partial charge >= 0.3 is 0 Å². The summed E-state index contributed by atoms with van der Waals surface area (Å²) in [5.74, 6) is 0. The first kappa shape index (κ1) is 19.3. The molecule has 1 saturated heterocycles. The summed E-state index contributed by atoms with van der Waals surface area (Å²) in [6.07, 6.45) is -1.49. The smallest absolute Gasteiger partial charge is 0.240 e. The molecule has 4 nitrogen and oxygen atoms in total. The Labute approximate surface area is 136 Å². The van der Waals surface area contributed by atoms with E-state index in [4.69, 9.17) is 0 Å². The van der Waals surface area contributed by atoms with E-state index in [1.54, 1.807) is 12.1 Å². The van der Waals surface area contributed by atoms with Crippen LogP contribution in [0.25, 0.3) is 0 Å². The molecule has 2 rings (SSSR count). The predicted molar refractivity (Wildman–Crippen MR) is 84.6 cm³/mol. The summed E-state index contributed by atoms with van der Waals surface area (Å²) < 4.78 is 48.6. The molecule has 1 aliphatic rings. The van der Waals surface area contributed by atoms with E-state index in [0.717, 1.165) is 24.9 Å². The van der Waals surface area contributed by atoms with Gasteiger partial charge in [0.05, 0.1) is 4.90 Å². The first-order chi connectivity index (χ1) is 9.88. The van der Waals surface area contributed by atoms with Crippen LogP contribution in [0.2, 0.25) is 0 Å². The number of hydrogen-bond donors (Lipinski definition) is 1. The highest BCUT2D eigenvalue weighted by Crippen LogP contribution is 2.28. The maximum absolute atomic E-state index is 12.9. The maximum atomic E-state index is 12.9. The van der Waals surface area contributed by atoms with Gasteiger partial charge in [0.15, 0.2) is 9.84 Å². The number of nitrogens with one attached hydrogen (secondary N) is 1. The summed E-state index contributed by atoms with van der Waals surface area (Å²) in [7, 11) is -3.26. The summed E-state index contributed by atoms with van der Waals surface area (Å²) >= 11 is 0. The van der Waals surface area contributed by atoms with E-state index in [9.17, 15) is 17.2 Å². The molecule has 0 aliphatic carbocycles. The van der Waals surface area contributed by atoms with E-state index in [0.29, 0.717) is 13.1 Å². The monoisotopic (exact) mass is 354 g/mol. The Morgan fingerprint density at radius 1 is 1.18 bits per heavy atom. The van der Waals surface area contributed by atoms with Crippen molar-refractivity contribution in [3.05, 3.63) is 29.8 Å². The van der Waals surface area contributed by atoms with Crippen molar-refractivity contribution in [2.75, 3.05) is 32.4 Å². The highest BCUT2D eigenvalue weighted by Gasteiger charge is 2.25. The summed E-state index contributed by atoms with van der Waals surface area (Å²) in [5, 5.41) is 3.19. The van der Waals surface area contributed by atoms with Crippen LogP contribution in [0.15, 0.2) is 29.2 Å². The van der Waals surface area contributed by atoms with Crippen LogP contribution in [0, 0.1) is 0 Å². The summed E-state index contributed by atoms with van der Waals surface area (Å²) in [4.78, 5) is 2.24. The van der Waals surface area contributed by atoms with Gasteiger partial charge in [-0.2, -0.15) is 0 Å². The van der Waals surface area contributed by atoms with Gasteiger partial charge in [0.2, 0.25) is 6.43 Å². The SMILES string of the molecule is CS(=O)(=O)c1ccc([C@H](CC(F)F)N2CCNCC2)cc1.Cl. The molecule has 0 bridgehead atoms. The molecule has 22 heavy (non-hydrogen) atoms. The number of nitrogens with zero attached hydrogens (tertiary/aromatic N) is 1. The molecule has 1 fully saturated rings. The molecule has 0 aromatic heterocycles. The van der Waals surface area contributed by atoms with E-state index in [2.05, 4.69) is 5.32 Å². The summed E-state index contributed by atoms with van der Waals surface area (Å²) in [6.45, 7) is 2.98. The number of sulfone groups is 1. The minimum Gasteiger partial charge on any atom is -0.314 e. The predicted octanol–water partition coefficient (Wildman–Crippen LogP) is 2.11. The van der Waals surface area contributed by atoms with E-state index in [1.807, 2.05) is 4.90 Å². The quantitative estimate of drug-likeness (QED) is 0.880. The molecule has 1 aliphatic heterocycles. The molecule has 1 N–H and O–H groups in total. The molecule has 0 unspecified atom stereocenters. The molecule has 1 aromatic rings. The van der Waals surface area contributed by atoms with Crippen molar-refractivity contribution in [2.24, 2.45) is 0 Å². The van der Waals surface area contributed by atoms with Crippen LogP contribution in [0.1, 0.15) is 18.0 Å². The number of piperazine rings is 1. The zero-order valence-corrected chi connectivity index (χ0v) is 14.0. The molecule has 126 valence electrons. The second kappa shape index (κ2) is 8.19. The van der Waals surface area contributed by atoms with Crippen molar-refractivity contribution >= 4 is 22.2 Å². The molecule has 1 aromatic carbocycles. The van der Waals surface area contributed by atoms with Crippen LogP contribution in [0.5, 0.6) is 0 Å². The molecule has 1 heterocycles. The van der Waals surface area contributed by atoms with Crippen LogP contribution in [0.4, 0.5) is 8.78 Å². The van der Waals surface area contributed by atoms with Crippen LogP contribution >= 0.6 is 12.4 Å². The number of alkyl halides is 2. The average molecular weight is 355 g/mol. The second-order valence-corrected chi connectivity index (χ2v) is 7.29. The van der Waals surface area contributed by atoms with Crippen molar-refractivity contribution < 1.29 is 17.2 Å². The molecule has 1 atom stereocenters. The third-order valence-electron chi connectivity index (χ3n) is 3.69. The molecule has 8 heteroatoms. The Hall–Kier alpha value is -0.760. The van der Waals surface area contributed by atoms with E-state index >= 15 is 0 Å². The average Bonchev–Trinajstić information content (AvgIpc) is 2.45. The number of hydrogen-bond acceptors (Lipinski definition) is 4. The highest BCUT2D eigenvalue weighted by molar-refractivity contribution is 7.90. The topological polar surface area (TPSA) is 49.4 Å². The minimum absolute atomic E-state index is 0. The van der Waals surface area contributed by atoms with E-state index in [-0.39, 0.29) is 29.8 Å². The lowest BCUT2D eigenvalue weighted by molar-refractivity contribution is 0.0739. The van der Waals surface area contributed by atoms with Gasteiger partial charge in [-0.25, -0.2) is 17.2 Å². The Balaban J connectivity index is 0.00000242. The van der Waals surface area contributed by atoms with Crippen LogP contribution in [0.3, 0.4) is 0 Å². The van der Waals surface area contributed by atoms with Crippen molar-refractivity contribution in [3.63, 3.8) is 0 Å². The van der Waals surface area contributed by atoms with Crippen LogP contribution < -0.4 is 5.32 Å². The number of benzene rings is 1. The lowest BCUT2D eigenvalue weighted by atomic mass is 10.0. The van der Waals surface area contributed by atoms with Gasteiger partial charge in [-0.1, -0.05) is 12.1 Å². The van der Waals surface area contributed by atoms with Crippen molar-refractivity contribution in [1.29, 1.82) is 0 Å². The number of halogens is 3. The lowest BCUT2D eigenvalue weighted by Crippen LogP contribution is -2.45. The molecule has 0 saturated carbocycles. The molecule has 0 amide bonds. The van der Waals surface area contributed by atoms with Crippen molar-refractivity contribution in [2.45, 2.75) is 23.8 Å². The van der Waals surface area contributed by atoms with Gasteiger partial charge in [0.25, 0.3) is 0 Å². The van der Waals surface area contributed by atoms with Gasteiger partial charge < -0.3 is 5.32 Å². The standard InChI is InChI=1S/C14H20F2N2O2S.ClH/c1-21(19,20)12-4-2-11(3-5-12)13(10-14(15)16)18-8-6-17-7-9-18;/h2-5,13-14,17H,6-10H2,1H3;1H/t13-;/m0./s1. The fraction of sp³-hybridized carbons (Fsp3) is 0.571. The van der Waals surface area contributed by atoms with E-state index < -0.39 is 16.3 Å². The fourth-order valence-corrected chi connectivity index (χ4v) is 3.23.